The van der Waals surface area contributed by atoms with Crippen LogP contribution in [0, 0.1) is 0 Å². The van der Waals surface area contributed by atoms with E-state index in [1.807, 2.05) is 25.1 Å². The van der Waals surface area contributed by atoms with Crippen LogP contribution in [0.2, 0.25) is 0 Å². The topological polar surface area (TPSA) is 49.8 Å². The van der Waals surface area contributed by atoms with Gasteiger partial charge in [0.05, 0.1) is 12.2 Å². The molecule has 18 heavy (non-hydrogen) atoms. The molecule has 4 nitrogen and oxygen atoms in total. The highest BCUT2D eigenvalue weighted by Gasteiger charge is 2.24. The zero-order chi connectivity index (χ0) is 13.0. The van der Waals surface area contributed by atoms with Crippen LogP contribution in [-0.4, -0.2) is 35.3 Å². The summed E-state index contributed by atoms with van der Waals surface area (Å²) in [7, 11) is 0. The van der Waals surface area contributed by atoms with Gasteiger partial charge in [-0.25, -0.2) is 4.79 Å². The Balaban J connectivity index is 1.83. The Morgan fingerprint density at radius 2 is 1.94 bits per heavy atom. The summed E-state index contributed by atoms with van der Waals surface area (Å²) in [6.45, 7) is 3.18. The molecular weight excluding hydrogens is 230 g/mol. The van der Waals surface area contributed by atoms with Crippen LogP contribution in [0.3, 0.4) is 0 Å². The van der Waals surface area contributed by atoms with Crippen LogP contribution in [0.5, 0.6) is 0 Å². The van der Waals surface area contributed by atoms with Crippen molar-refractivity contribution in [2.45, 2.75) is 32.0 Å². The van der Waals surface area contributed by atoms with Crippen LogP contribution < -0.4 is 0 Å². The molecule has 1 aromatic carbocycles. The number of likely N-dealkylation sites (tertiary alicyclic amines) is 1. The lowest BCUT2D eigenvalue weighted by atomic mass is 10.1. The molecule has 0 radical (unpaired) electrons. The van der Waals surface area contributed by atoms with Gasteiger partial charge in [0.25, 0.3) is 0 Å². The van der Waals surface area contributed by atoms with Gasteiger partial charge in [-0.15, -0.1) is 0 Å². The van der Waals surface area contributed by atoms with Gasteiger partial charge in [0, 0.05) is 13.1 Å². The molecular formula is C14H19NO3. The summed E-state index contributed by atoms with van der Waals surface area (Å²) in [4.78, 5) is 12.2. The fraction of sp³-hybridized carbons (Fsp3) is 0.500. The highest BCUT2D eigenvalue weighted by Crippen LogP contribution is 2.23. The summed E-state index contributed by atoms with van der Waals surface area (Å²) in [6.07, 6.45) is 0.959. The number of benzene rings is 1. The third-order valence-electron chi connectivity index (χ3n) is 3.38. The highest BCUT2D eigenvalue weighted by atomic mass is 16.5. The fourth-order valence-electron chi connectivity index (χ4n) is 2.27. The molecule has 0 saturated carbocycles. The number of carbonyl (C=O) groups is 1. The average molecular weight is 249 g/mol. The number of piperidine rings is 1. The quantitative estimate of drug-likeness (QED) is 0.896. The van der Waals surface area contributed by atoms with Crippen molar-refractivity contribution >= 4 is 6.09 Å². The number of carboxylic acid groups (broad SMARTS) is 1. The minimum absolute atomic E-state index is 0.0626. The van der Waals surface area contributed by atoms with Gasteiger partial charge < -0.3 is 14.7 Å². The average Bonchev–Trinajstić information content (AvgIpc) is 2.40. The first-order valence-corrected chi connectivity index (χ1v) is 6.35. The number of rotatable bonds is 3. The summed E-state index contributed by atoms with van der Waals surface area (Å²) in [5.41, 5.74) is 1.16. The fourth-order valence-corrected chi connectivity index (χ4v) is 2.27. The molecule has 0 spiro atoms. The van der Waals surface area contributed by atoms with Crippen molar-refractivity contribution in [2.24, 2.45) is 0 Å². The number of ether oxygens (including phenoxy) is 1. The van der Waals surface area contributed by atoms with E-state index < -0.39 is 6.09 Å². The molecule has 1 atom stereocenters. The van der Waals surface area contributed by atoms with Gasteiger partial charge in [0.15, 0.2) is 0 Å². The van der Waals surface area contributed by atoms with Crippen molar-refractivity contribution in [1.29, 1.82) is 0 Å². The second-order valence-electron chi connectivity index (χ2n) is 4.66. The van der Waals surface area contributed by atoms with Crippen LogP contribution in [-0.2, 0) is 4.74 Å². The van der Waals surface area contributed by atoms with E-state index in [1.54, 1.807) is 0 Å². The Kier molecular flexibility index (Phi) is 4.20. The van der Waals surface area contributed by atoms with Crippen molar-refractivity contribution in [3.63, 3.8) is 0 Å². The molecule has 1 amide bonds. The second kappa shape index (κ2) is 5.87. The maximum Gasteiger partial charge on any atom is 0.407 e. The lowest BCUT2D eigenvalue weighted by molar-refractivity contribution is -0.0331. The molecule has 4 heteroatoms. The van der Waals surface area contributed by atoms with E-state index in [2.05, 4.69) is 12.1 Å². The normalized spacial score (nSPS) is 18.6. The van der Waals surface area contributed by atoms with E-state index in [0.29, 0.717) is 13.1 Å². The molecule has 1 N–H and O–H groups in total. The van der Waals surface area contributed by atoms with Crippen LogP contribution >= 0.6 is 0 Å². The molecule has 1 fully saturated rings. The molecule has 1 aromatic rings. The third-order valence-corrected chi connectivity index (χ3v) is 3.38. The number of nitrogens with zero attached hydrogens (tertiary/aromatic N) is 1. The molecule has 0 aromatic heterocycles. The van der Waals surface area contributed by atoms with Crippen LogP contribution in [0.4, 0.5) is 4.79 Å². The molecule has 1 aliphatic rings. The van der Waals surface area contributed by atoms with Crippen molar-refractivity contribution < 1.29 is 14.6 Å². The Morgan fingerprint density at radius 3 is 2.50 bits per heavy atom. The zero-order valence-electron chi connectivity index (χ0n) is 10.6. The first kappa shape index (κ1) is 12.9. The van der Waals surface area contributed by atoms with Crippen molar-refractivity contribution in [3.8, 4) is 0 Å². The van der Waals surface area contributed by atoms with Gasteiger partial charge in [-0.05, 0) is 25.3 Å². The molecule has 1 aliphatic heterocycles. The molecule has 0 unspecified atom stereocenters. The number of hydrogen-bond acceptors (Lipinski definition) is 2. The predicted molar refractivity (Wildman–Crippen MR) is 68.6 cm³/mol. The lowest BCUT2D eigenvalue weighted by Crippen LogP contribution is -2.40. The minimum Gasteiger partial charge on any atom is -0.465 e. The van der Waals surface area contributed by atoms with Crippen molar-refractivity contribution in [3.05, 3.63) is 35.9 Å². The Morgan fingerprint density at radius 1 is 1.33 bits per heavy atom. The maximum atomic E-state index is 10.8. The molecule has 0 aliphatic carbocycles. The largest absolute Gasteiger partial charge is 0.465 e. The van der Waals surface area contributed by atoms with Crippen molar-refractivity contribution in [1.82, 2.24) is 4.90 Å². The van der Waals surface area contributed by atoms with E-state index in [4.69, 9.17) is 9.84 Å². The van der Waals surface area contributed by atoms with Gasteiger partial charge in [0.2, 0.25) is 0 Å². The first-order valence-electron chi connectivity index (χ1n) is 6.35. The van der Waals surface area contributed by atoms with E-state index in [9.17, 15) is 4.79 Å². The molecule has 2 rings (SSSR count). The SMILES string of the molecule is C[C@H](OC1CCN(C(=O)O)CC1)c1ccccc1. The summed E-state index contributed by atoms with van der Waals surface area (Å²) in [5.74, 6) is 0. The van der Waals surface area contributed by atoms with Crippen LogP contribution in [0.25, 0.3) is 0 Å². The molecule has 98 valence electrons. The number of hydrogen-bond donors (Lipinski definition) is 1. The van der Waals surface area contributed by atoms with Crippen LogP contribution in [0.15, 0.2) is 30.3 Å². The summed E-state index contributed by atoms with van der Waals surface area (Å²) in [5, 5.41) is 8.87. The zero-order valence-corrected chi connectivity index (χ0v) is 10.6. The first-order chi connectivity index (χ1) is 8.66. The van der Waals surface area contributed by atoms with E-state index in [1.165, 1.54) is 4.90 Å². The Bertz CT molecular complexity index is 385. The minimum atomic E-state index is -0.829. The lowest BCUT2D eigenvalue weighted by Gasteiger charge is -2.31. The molecule has 1 saturated heterocycles. The maximum absolute atomic E-state index is 10.8. The Hall–Kier alpha value is -1.55. The summed E-state index contributed by atoms with van der Waals surface area (Å²) >= 11 is 0. The second-order valence-corrected chi connectivity index (χ2v) is 4.66. The number of amides is 1. The van der Waals surface area contributed by atoms with E-state index >= 15 is 0 Å². The third kappa shape index (κ3) is 3.23. The molecule has 0 bridgehead atoms. The molecule has 1 heterocycles. The summed E-state index contributed by atoms with van der Waals surface area (Å²) < 4.78 is 5.99. The highest BCUT2D eigenvalue weighted by molar-refractivity contribution is 5.64. The van der Waals surface area contributed by atoms with Gasteiger partial charge in [-0.2, -0.15) is 0 Å². The standard InChI is InChI=1S/C14H19NO3/c1-11(12-5-3-2-4-6-12)18-13-7-9-15(10-8-13)14(16)17/h2-6,11,13H,7-10H2,1H3,(H,16,17)/t11-/m0/s1. The van der Waals surface area contributed by atoms with Gasteiger partial charge in [0.1, 0.15) is 0 Å². The van der Waals surface area contributed by atoms with Gasteiger partial charge >= 0.3 is 6.09 Å². The predicted octanol–water partition coefficient (Wildman–Crippen LogP) is 2.91. The monoisotopic (exact) mass is 249 g/mol. The smallest absolute Gasteiger partial charge is 0.407 e. The van der Waals surface area contributed by atoms with E-state index in [-0.39, 0.29) is 12.2 Å². The van der Waals surface area contributed by atoms with Gasteiger partial charge in [-0.3, -0.25) is 0 Å². The summed E-state index contributed by atoms with van der Waals surface area (Å²) in [6, 6.07) is 10.1. The van der Waals surface area contributed by atoms with Crippen molar-refractivity contribution in [2.75, 3.05) is 13.1 Å². The Labute approximate surface area is 107 Å². The van der Waals surface area contributed by atoms with E-state index in [0.717, 1.165) is 18.4 Å². The van der Waals surface area contributed by atoms with Crippen LogP contribution in [0.1, 0.15) is 31.4 Å². The van der Waals surface area contributed by atoms with Gasteiger partial charge in [-0.1, -0.05) is 30.3 Å².